The Bertz CT molecular complexity index is 1330. The van der Waals surface area contributed by atoms with E-state index in [9.17, 15) is 19.2 Å². The third-order valence-corrected chi connectivity index (χ3v) is 9.04. The molecule has 0 radical (unpaired) electrons. The number of aromatic nitrogens is 1. The second-order valence-corrected chi connectivity index (χ2v) is 12.5. The number of piperidine rings is 1. The Morgan fingerprint density at radius 1 is 1.18 bits per heavy atom. The zero-order valence-corrected chi connectivity index (χ0v) is 24.4. The zero-order chi connectivity index (χ0) is 28.6. The molecule has 0 spiro atoms. The highest BCUT2D eigenvalue weighted by molar-refractivity contribution is 6.08. The molecule has 0 unspecified atom stereocenters. The van der Waals surface area contributed by atoms with E-state index in [0.717, 1.165) is 54.1 Å². The van der Waals surface area contributed by atoms with Gasteiger partial charge in [-0.2, -0.15) is 0 Å². The van der Waals surface area contributed by atoms with E-state index in [0.29, 0.717) is 50.5 Å². The number of ether oxygens (including phenoxy) is 1. The molecule has 40 heavy (non-hydrogen) atoms. The second-order valence-electron chi connectivity index (χ2n) is 12.5. The number of hydrogen-bond acceptors (Lipinski definition) is 5. The van der Waals surface area contributed by atoms with Crippen LogP contribution in [0.3, 0.4) is 0 Å². The van der Waals surface area contributed by atoms with Crippen molar-refractivity contribution in [3.8, 4) is 0 Å². The van der Waals surface area contributed by atoms with Crippen LogP contribution in [-0.4, -0.2) is 58.1 Å². The minimum absolute atomic E-state index is 0.00985. The minimum atomic E-state index is -0.422. The molecule has 2 aromatic rings. The van der Waals surface area contributed by atoms with Crippen molar-refractivity contribution in [2.24, 2.45) is 11.3 Å². The van der Waals surface area contributed by atoms with Crippen LogP contribution in [-0.2, 0) is 38.6 Å². The number of ketones is 2. The Labute approximate surface area is 236 Å². The monoisotopic (exact) mass is 549 g/mol. The quantitative estimate of drug-likeness (QED) is 0.532. The summed E-state index contributed by atoms with van der Waals surface area (Å²) in [5.74, 6) is 0.445. The topological polar surface area (TPSA) is 97.7 Å². The number of aryl methyl sites for hydroxylation is 1. The molecular weight excluding hydrogens is 506 g/mol. The summed E-state index contributed by atoms with van der Waals surface area (Å²) in [6.45, 7) is 9.25. The molecule has 3 atom stereocenters. The molecule has 1 N–H and O–H groups in total. The second kappa shape index (κ2) is 11.5. The summed E-state index contributed by atoms with van der Waals surface area (Å²) < 4.78 is 7.89. The SMILES string of the molecule is CCC(=O)[C@@H]1C[C@]23COCCCCC(=O)NCc4cc(CCC(C)C)cc5c(C(C)=O)cn(c45)CC(=O)N1[C@@H]2C3. The fraction of sp³-hybridized carbons (Fsp3) is 0.625. The summed E-state index contributed by atoms with van der Waals surface area (Å²) in [4.78, 5) is 54.3. The number of hydrogen-bond donors (Lipinski definition) is 1. The number of carbonyl (C=O) groups excluding carboxylic acids is 4. The molecular formula is C32H43N3O5. The highest BCUT2D eigenvalue weighted by Crippen LogP contribution is 2.60. The van der Waals surface area contributed by atoms with Crippen LogP contribution in [0.5, 0.6) is 0 Å². The van der Waals surface area contributed by atoms with Crippen LogP contribution in [0.15, 0.2) is 18.3 Å². The van der Waals surface area contributed by atoms with E-state index in [1.54, 1.807) is 13.1 Å². The van der Waals surface area contributed by atoms with E-state index >= 15 is 0 Å². The summed E-state index contributed by atoms with van der Waals surface area (Å²) in [6.07, 6.45) is 7.50. The van der Waals surface area contributed by atoms with Crippen molar-refractivity contribution in [1.29, 1.82) is 0 Å². The van der Waals surface area contributed by atoms with E-state index < -0.39 is 6.04 Å². The first-order chi connectivity index (χ1) is 19.1. The van der Waals surface area contributed by atoms with Gasteiger partial charge < -0.3 is 19.5 Å². The van der Waals surface area contributed by atoms with Gasteiger partial charge in [-0.3, -0.25) is 19.2 Å². The molecule has 1 aliphatic carbocycles. The summed E-state index contributed by atoms with van der Waals surface area (Å²) in [5, 5.41) is 3.89. The molecule has 2 aliphatic heterocycles. The van der Waals surface area contributed by atoms with Crippen molar-refractivity contribution in [3.05, 3.63) is 35.0 Å². The summed E-state index contributed by atoms with van der Waals surface area (Å²) >= 11 is 0. The van der Waals surface area contributed by atoms with Crippen molar-refractivity contribution < 1.29 is 23.9 Å². The predicted octanol–water partition coefficient (Wildman–Crippen LogP) is 4.59. The summed E-state index contributed by atoms with van der Waals surface area (Å²) in [6, 6.07) is 3.78. The maximum atomic E-state index is 14.0. The van der Waals surface area contributed by atoms with Gasteiger partial charge in [-0.05, 0) is 68.6 Å². The van der Waals surface area contributed by atoms with Gasteiger partial charge in [0.1, 0.15) is 6.54 Å². The normalized spacial score (nSPS) is 25.6. The Morgan fingerprint density at radius 3 is 2.70 bits per heavy atom. The molecule has 8 nitrogen and oxygen atoms in total. The first-order valence-corrected chi connectivity index (χ1v) is 15.0. The average molecular weight is 550 g/mol. The lowest BCUT2D eigenvalue weighted by Gasteiger charge is -2.27. The fourth-order valence-corrected chi connectivity index (χ4v) is 6.72. The van der Waals surface area contributed by atoms with Crippen molar-refractivity contribution >= 4 is 34.3 Å². The number of carbonyl (C=O) groups is 4. The van der Waals surface area contributed by atoms with Crippen molar-refractivity contribution in [2.75, 3.05) is 13.2 Å². The van der Waals surface area contributed by atoms with Crippen LogP contribution in [0.4, 0.5) is 0 Å². The lowest BCUT2D eigenvalue weighted by atomic mass is 9.97. The van der Waals surface area contributed by atoms with Crippen LogP contribution in [0.1, 0.15) is 94.1 Å². The standard InChI is InChI=1S/C32H43N3O5/c1-5-27(37)26-14-32-15-28(32)35(26)30(39)18-34-17-25(21(4)36)24-13-22(10-9-20(2)3)12-23(31(24)34)16-33-29(38)8-6-7-11-40-19-32/h12-13,17,20,26,28H,5-11,14-16,18-19H2,1-4H3,(H,33,38)/t26-,28+,32-/m0/s1. The van der Waals surface area contributed by atoms with Gasteiger partial charge in [-0.15, -0.1) is 0 Å². The van der Waals surface area contributed by atoms with Crippen molar-refractivity contribution in [3.63, 3.8) is 0 Å². The van der Waals surface area contributed by atoms with Gasteiger partial charge in [-0.1, -0.05) is 26.8 Å². The molecule has 1 aromatic heterocycles. The molecule has 216 valence electrons. The van der Waals surface area contributed by atoms with Gasteiger partial charge in [0.15, 0.2) is 11.6 Å². The Morgan fingerprint density at radius 2 is 1.98 bits per heavy atom. The summed E-state index contributed by atoms with van der Waals surface area (Å²) in [5.41, 5.74) is 3.25. The Kier molecular flexibility index (Phi) is 8.18. The molecule has 2 amide bonds. The average Bonchev–Trinajstić information content (AvgIpc) is 3.32. The number of nitrogens with zero attached hydrogens (tertiary/aromatic N) is 2. The Hall–Kier alpha value is -3.00. The fourth-order valence-electron chi connectivity index (χ4n) is 6.72. The van der Waals surface area contributed by atoms with Crippen LogP contribution in [0.2, 0.25) is 0 Å². The van der Waals surface area contributed by atoms with Crippen LogP contribution >= 0.6 is 0 Å². The van der Waals surface area contributed by atoms with Crippen LogP contribution < -0.4 is 5.32 Å². The lowest BCUT2D eigenvalue weighted by molar-refractivity contribution is -0.139. The van der Waals surface area contributed by atoms with Crippen molar-refractivity contribution in [2.45, 2.75) is 104 Å². The number of nitrogens with one attached hydrogen (secondary N) is 1. The number of benzene rings is 1. The maximum Gasteiger partial charge on any atom is 0.243 e. The molecule has 3 aliphatic rings. The molecule has 2 fully saturated rings. The number of Topliss-reactive ketones (excluding diaryl/α,β-unsaturated/α-hetero) is 2. The predicted molar refractivity (Wildman–Crippen MR) is 153 cm³/mol. The van der Waals surface area contributed by atoms with Gasteiger partial charge in [0.05, 0.1) is 18.2 Å². The highest BCUT2D eigenvalue weighted by Gasteiger charge is 2.66. The molecule has 2 bridgehead atoms. The van der Waals surface area contributed by atoms with Gasteiger partial charge in [-0.25, -0.2) is 0 Å². The van der Waals surface area contributed by atoms with Gasteiger partial charge in [0.2, 0.25) is 11.8 Å². The molecule has 1 aromatic carbocycles. The van der Waals surface area contributed by atoms with E-state index in [1.165, 1.54) is 0 Å². The van der Waals surface area contributed by atoms with E-state index in [1.807, 2.05) is 16.4 Å². The summed E-state index contributed by atoms with van der Waals surface area (Å²) in [7, 11) is 0. The Balaban J connectivity index is 1.57. The first-order valence-electron chi connectivity index (χ1n) is 15.0. The smallest absolute Gasteiger partial charge is 0.243 e. The zero-order valence-electron chi connectivity index (χ0n) is 24.4. The largest absolute Gasteiger partial charge is 0.381 e. The highest BCUT2D eigenvalue weighted by atomic mass is 16.5. The number of amides is 2. The van der Waals surface area contributed by atoms with Crippen LogP contribution in [0.25, 0.3) is 10.9 Å². The van der Waals surface area contributed by atoms with Gasteiger partial charge in [0, 0.05) is 54.6 Å². The van der Waals surface area contributed by atoms with E-state index in [4.69, 9.17) is 4.74 Å². The molecule has 1 saturated heterocycles. The first kappa shape index (κ1) is 28.5. The third-order valence-electron chi connectivity index (χ3n) is 9.04. The molecule has 8 heteroatoms. The lowest BCUT2D eigenvalue weighted by Crippen LogP contribution is -2.44. The van der Waals surface area contributed by atoms with Crippen LogP contribution in [0, 0.1) is 11.3 Å². The maximum absolute atomic E-state index is 14.0. The molecule has 3 heterocycles. The third kappa shape index (κ3) is 5.60. The van der Waals surface area contributed by atoms with Gasteiger partial charge in [0.25, 0.3) is 0 Å². The molecule has 1 saturated carbocycles. The van der Waals surface area contributed by atoms with E-state index in [-0.39, 0.29) is 41.4 Å². The number of rotatable bonds is 6. The van der Waals surface area contributed by atoms with E-state index in [2.05, 4.69) is 31.3 Å². The molecule has 5 rings (SSSR count). The van der Waals surface area contributed by atoms with Crippen molar-refractivity contribution in [1.82, 2.24) is 14.8 Å². The van der Waals surface area contributed by atoms with Gasteiger partial charge >= 0.3 is 0 Å². The minimum Gasteiger partial charge on any atom is -0.381 e.